The Labute approximate surface area is 270 Å². The van der Waals surface area contributed by atoms with E-state index in [9.17, 15) is 32.3 Å². The second-order valence-electron chi connectivity index (χ2n) is 13.4. The first-order valence-electron chi connectivity index (χ1n) is 14.5. The van der Waals surface area contributed by atoms with Gasteiger partial charge in [-0.1, -0.05) is 44.5 Å². The van der Waals surface area contributed by atoms with Crippen LogP contribution in [0.5, 0.6) is 11.5 Å². The van der Waals surface area contributed by atoms with E-state index in [1.165, 1.54) is 18.2 Å². The van der Waals surface area contributed by atoms with Gasteiger partial charge in [0.1, 0.15) is 17.1 Å². The molecule has 2 atom stereocenters. The number of hydrogen-bond acceptors (Lipinski definition) is 5. The molecule has 45 heavy (non-hydrogen) atoms. The van der Waals surface area contributed by atoms with E-state index in [2.05, 4.69) is 5.32 Å². The Morgan fingerprint density at radius 3 is 2.13 bits per heavy atom. The highest BCUT2D eigenvalue weighted by molar-refractivity contribution is 7.51. The molecule has 2 unspecified atom stereocenters. The molecule has 0 fully saturated rings. The molecule has 0 saturated heterocycles. The monoisotopic (exact) mass is 694 g/mol. The fraction of sp³-hybridized carbons (Fsp3) is 0.581. The third-order valence-electron chi connectivity index (χ3n) is 7.31. The van der Waals surface area contributed by atoms with Gasteiger partial charge in [0.15, 0.2) is 0 Å². The zero-order chi connectivity index (χ0) is 34.4. The van der Waals surface area contributed by atoms with Gasteiger partial charge in [-0.3, -0.25) is 4.57 Å². The van der Waals surface area contributed by atoms with E-state index in [1.807, 2.05) is 33.9 Å². The summed E-state index contributed by atoms with van der Waals surface area (Å²) >= 11 is 6.73. The van der Waals surface area contributed by atoms with Crippen LogP contribution in [-0.2, 0) is 19.9 Å². The van der Waals surface area contributed by atoms with Gasteiger partial charge >= 0.3 is 19.9 Å². The molecule has 14 heteroatoms. The number of benzene rings is 2. The average molecular weight is 695 g/mol. The van der Waals surface area contributed by atoms with Crippen molar-refractivity contribution in [2.75, 3.05) is 12.8 Å². The topological polar surface area (TPSA) is 114 Å². The van der Waals surface area contributed by atoms with Crippen LogP contribution in [-0.4, -0.2) is 48.8 Å². The molecule has 1 radical (unpaired) electrons. The van der Waals surface area contributed by atoms with Crippen LogP contribution in [0.3, 0.4) is 0 Å². The van der Waals surface area contributed by atoms with E-state index < -0.39 is 57.2 Å². The van der Waals surface area contributed by atoms with Gasteiger partial charge in [0.05, 0.1) is 11.7 Å². The maximum atomic E-state index is 13.2. The van der Waals surface area contributed by atoms with E-state index in [0.717, 1.165) is 12.1 Å². The van der Waals surface area contributed by atoms with Crippen molar-refractivity contribution in [2.45, 2.75) is 97.1 Å². The molecule has 0 aliphatic carbocycles. The maximum Gasteiger partial charge on any atom is 0.416 e. The fourth-order valence-corrected chi connectivity index (χ4v) is 6.35. The van der Waals surface area contributed by atoms with E-state index in [1.54, 1.807) is 32.9 Å². The van der Waals surface area contributed by atoms with Crippen LogP contribution in [0.4, 0.5) is 18.0 Å². The molecule has 1 amide bonds. The summed E-state index contributed by atoms with van der Waals surface area (Å²) in [6.07, 6.45) is -4.95. The van der Waals surface area contributed by atoms with Crippen LogP contribution >= 0.6 is 19.2 Å². The molecule has 8 nitrogen and oxygen atoms in total. The fourth-order valence-electron chi connectivity index (χ4n) is 4.81. The molecular weight excluding hydrogens is 650 g/mol. The lowest BCUT2D eigenvalue weighted by molar-refractivity contribution is -0.137. The first-order chi connectivity index (χ1) is 20.4. The van der Waals surface area contributed by atoms with Crippen LogP contribution in [0.1, 0.15) is 77.8 Å². The number of alkyl carbamates (subject to hydrolysis) is 1. The molecule has 0 aromatic heterocycles. The summed E-state index contributed by atoms with van der Waals surface area (Å²) in [6.45, 7) is 15.1. The predicted octanol–water partition coefficient (Wildman–Crippen LogP) is 9.16. The molecule has 0 spiro atoms. The van der Waals surface area contributed by atoms with E-state index >= 15 is 0 Å². The molecule has 0 saturated carbocycles. The molecule has 0 aliphatic rings. The zero-order valence-corrected chi connectivity index (χ0v) is 29.7. The van der Waals surface area contributed by atoms with Gasteiger partial charge in [-0.15, -0.1) is 0 Å². The van der Waals surface area contributed by atoms with Crippen molar-refractivity contribution in [1.82, 2.24) is 5.32 Å². The normalized spacial score (nSPS) is 15.0. The highest BCUT2D eigenvalue weighted by Gasteiger charge is 2.45. The second-order valence-corrected chi connectivity index (χ2v) is 17.7. The highest BCUT2D eigenvalue weighted by Crippen LogP contribution is 2.45. The van der Waals surface area contributed by atoms with E-state index in [0.29, 0.717) is 30.0 Å². The number of alkyl halides is 3. The number of halogens is 4. The Morgan fingerprint density at radius 1 is 1.00 bits per heavy atom. The van der Waals surface area contributed by atoms with E-state index in [4.69, 9.17) is 25.5 Å². The SMILES string of the molecule is C[Si](C)OCC(CCC(CCP(=O)(O)O)(NC(=O)OC(C)(C)C)C(C)(C)C)c1ccc(Oc2cccc(C(F)(F)F)c2)cc1Cl. The van der Waals surface area contributed by atoms with Gasteiger partial charge in [0, 0.05) is 23.1 Å². The molecule has 253 valence electrons. The summed E-state index contributed by atoms with van der Waals surface area (Å²) in [7, 11) is -5.53. The summed E-state index contributed by atoms with van der Waals surface area (Å²) in [6, 6.07) is 9.41. The summed E-state index contributed by atoms with van der Waals surface area (Å²) in [5.74, 6) is -0.0426. The second kappa shape index (κ2) is 15.2. The Kier molecular flexibility index (Phi) is 13.2. The molecule has 2 rings (SSSR count). The van der Waals surface area contributed by atoms with Gasteiger partial charge in [-0.2, -0.15) is 13.2 Å². The number of ether oxygens (including phenoxy) is 2. The van der Waals surface area contributed by atoms with Crippen molar-refractivity contribution in [2.24, 2.45) is 5.41 Å². The lowest BCUT2D eigenvalue weighted by atomic mass is 9.68. The maximum absolute atomic E-state index is 13.2. The van der Waals surface area contributed by atoms with Crippen molar-refractivity contribution in [1.29, 1.82) is 0 Å². The summed E-state index contributed by atoms with van der Waals surface area (Å²) in [5.41, 5.74) is -2.66. The minimum absolute atomic E-state index is 0.00552. The molecule has 0 bridgehead atoms. The zero-order valence-electron chi connectivity index (χ0n) is 27.0. The van der Waals surface area contributed by atoms with Crippen LogP contribution in [0, 0.1) is 5.41 Å². The first-order valence-corrected chi connectivity index (χ1v) is 19.1. The molecule has 3 N–H and O–H groups in total. The molecular formula is C31H45ClF3NO7PSi. The van der Waals surface area contributed by atoms with Crippen molar-refractivity contribution in [3.8, 4) is 11.5 Å². The third-order valence-corrected chi connectivity index (χ3v) is 9.18. The Balaban J connectivity index is 2.44. The van der Waals surface area contributed by atoms with Gasteiger partial charge in [0.25, 0.3) is 0 Å². The number of amides is 1. The van der Waals surface area contributed by atoms with E-state index in [-0.39, 0.29) is 23.8 Å². The Bertz CT molecular complexity index is 1340. The Morgan fingerprint density at radius 2 is 1.62 bits per heavy atom. The lowest BCUT2D eigenvalue weighted by Gasteiger charge is -2.46. The first kappa shape index (κ1) is 39.1. The van der Waals surface area contributed by atoms with Gasteiger partial charge in [-0.25, -0.2) is 4.79 Å². The molecule has 0 aliphatic heterocycles. The number of rotatable bonds is 13. The third kappa shape index (κ3) is 12.9. The van der Waals surface area contributed by atoms with Crippen LogP contribution in [0.2, 0.25) is 18.1 Å². The van der Waals surface area contributed by atoms with Crippen molar-refractivity contribution >= 4 is 34.3 Å². The number of nitrogens with one attached hydrogen (secondary N) is 1. The molecule has 2 aromatic carbocycles. The number of carbonyl (C=O) groups is 1. The van der Waals surface area contributed by atoms with Crippen LogP contribution < -0.4 is 10.1 Å². The smallest absolute Gasteiger partial charge is 0.416 e. The minimum atomic E-state index is -4.52. The van der Waals surface area contributed by atoms with Gasteiger partial charge in [-0.05, 0) is 94.4 Å². The largest absolute Gasteiger partial charge is 0.457 e. The van der Waals surface area contributed by atoms with Gasteiger partial charge in [0.2, 0.25) is 9.04 Å². The molecule has 2 aromatic rings. The average Bonchev–Trinajstić information content (AvgIpc) is 2.85. The Hall–Kier alpha value is -2.08. The van der Waals surface area contributed by atoms with Crippen molar-refractivity contribution in [3.05, 3.63) is 58.6 Å². The summed E-state index contributed by atoms with van der Waals surface area (Å²) in [5, 5.41) is 3.28. The summed E-state index contributed by atoms with van der Waals surface area (Å²) < 4.78 is 68.8. The molecule has 0 heterocycles. The van der Waals surface area contributed by atoms with Crippen molar-refractivity contribution < 1.29 is 46.2 Å². The van der Waals surface area contributed by atoms with Gasteiger partial charge < -0.3 is 29.0 Å². The van der Waals surface area contributed by atoms with Crippen molar-refractivity contribution in [3.63, 3.8) is 0 Å². The summed E-state index contributed by atoms with van der Waals surface area (Å²) in [4.78, 5) is 32.6. The van der Waals surface area contributed by atoms with Crippen LogP contribution in [0.25, 0.3) is 0 Å². The minimum Gasteiger partial charge on any atom is -0.457 e. The lowest BCUT2D eigenvalue weighted by Crippen LogP contribution is -2.58. The van der Waals surface area contributed by atoms with Crippen LogP contribution in [0.15, 0.2) is 42.5 Å². The number of hydrogen-bond donors (Lipinski definition) is 3. The highest BCUT2D eigenvalue weighted by atomic mass is 35.5. The quantitative estimate of drug-likeness (QED) is 0.142. The standard InChI is InChI=1S/C31H45ClF3NO7PSi/c1-28(2,3)30(16-17-44(38,39)40,36-27(37)43-29(4,5)6)15-14-21(20-41-45(7)8)25-13-12-24(19-26(25)32)42-23-11-9-10-22(18-23)31(33,34)35/h9-13,18-19,21H,14-17,20H2,1-8H3,(H,36,37)(H2,38,39,40). The number of carbonyl (C=O) groups excluding carboxylic acids is 1. The predicted molar refractivity (Wildman–Crippen MR) is 171 cm³/mol.